The number of nitrogens with one attached hydrogen (secondary N) is 1. The van der Waals surface area contributed by atoms with Gasteiger partial charge in [-0.3, -0.25) is 4.79 Å². The van der Waals surface area contributed by atoms with Crippen LogP contribution in [0, 0.1) is 0 Å². The molecule has 2 aromatic heterocycles. The minimum Gasteiger partial charge on any atom is -0.328 e. The maximum absolute atomic E-state index is 12.3. The van der Waals surface area contributed by atoms with Crippen molar-refractivity contribution in [2.75, 3.05) is 11.1 Å². The Hall–Kier alpha value is -2.64. The van der Waals surface area contributed by atoms with Crippen molar-refractivity contribution in [1.29, 1.82) is 0 Å². The number of thioether (sulfide) groups is 1. The average molecular weight is 421 g/mol. The van der Waals surface area contributed by atoms with Crippen LogP contribution in [-0.2, 0) is 17.8 Å². The molecule has 1 aliphatic heterocycles. The Bertz CT molecular complexity index is 1130. The molecule has 0 saturated heterocycles. The van der Waals surface area contributed by atoms with Crippen molar-refractivity contribution in [2.24, 2.45) is 0 Å². The van der Waals surface area contributed by atoms with E-state index in [9.17, 15) is 4.79 Å². The third kappa shape index (κ3) is 3.93. The predicted molar refractivity (Wildman–Crippen MR) is 120 cm³/mol. The van der Waals surface area contributed by atoms with Crippen LogP contribution in [0.15, 0.2) is 59.1 Å². The number of carbonyl (C=O) groups excluding carboxylic acids is 1. The number of hydrogen-bond donors (Lipinski definition) is 1. The highest BCUT2D eigenvalue weighted by Crippen LogP contribution is 2.29. The van der Waals surface area contributed by atoms with Gasteiger partial charge in [0.2, 0.25) is 5.91 Å². The highest BCUT2D eigenvalue weighted by atomic mass is 32.2. The van der Waals surface area contributed by atoms with E-state index in [4.69, 9.17) is 0 Å². The summed E-state index contributed by atoms with van der Waals surface area (Å²) in [4.78, 5) is 21.5. The molecule has 146 valence electrons. The highest BCUT2D eigenvalue weighted by Gasteiger charge is 2.15. The van der Waals surface area contributed by atoms with Crippen LogP contribution in [0.3, 0.4) is 0 Å². The van der Waals surface area contributed by atoms with Crippen LogP contribution in [0.5, 0.6) is 0 Å². The lowest BCUT2D eigenvalue weighted by atomic mass is 10.1. The van der Waals surface area contributed by atoms with E-state index in [1.54, 1.807) is 11.3 Å². The molecule has 0 bridgehead atoms. The second kappa shape index (κ2) is 8.00. The van der Waals surface area contributed by atoms with Crippen LogP contribution in [0.2, 0.25) is 0 Å². The molecule has 0 radical (unpaired) electrons. The molecule has 0 atom stereocenters. The Balaban J connectivity index is 1.21. The van der Waals surface area contributed by atoms with Gasteiger partial charge in [-0.25, -0.2) is 9.97 Å². The lowest BCUT2D eigenvalue weighted by Gasteiger charge is -2.16. The number of carbonyl (C=O) groups is 1. The summed E-state index contributed by atoms with van der Waals surface area (Å²) in [6, 6.07) is 16.0. The Morgan fingerprint density at radius 1 is 1.14 bits per heavy atom. The van der Waals surface area contributed by atoms with E-state index >= 15 is 0 Å². The number of aryl methyl sites for hydroxylation is 1. The second-order valence-corrected chi connectivity index (χ2v) is 9.30. The van der Waals surface area contributed by atoms with Crippen LogP contribution < -0.4 is 5.32 Å². The zero-order valence-corrected chi connectivity index (χ0v) is 17.4. The largest absolute Gasteiger partial charge is 0.328 e. The first-order valence-electron chi connectivity index (χ1n) is 9.69. The molecular weight excluding hydrogens is 400 g/mol. The van der Waals surface area contributed by atoms with Crippen LogP contribution in [0.1, 0.15) is 18.5 Å². The molecule has 29 heavy (non-hydrogen) atoms. The van der Waals surface area contributed by atoms with Gasteiger partial charge >= 0.3 is 0 Å². The number of thiazole rings is 1. The van der Waals surface area contributed by atoms with E-state index in [1.165, 1.54) is 30.3 Å². The normalized spacial score (nSPS) is 13.4. The summed E-state index contributed by atoms with van der Waals surface area (Å²) < 4.78 is 4.37. The van der Waals surface area contributed by atoms with Gasteiger partial charge in [0.15, 0.2) is 4.34 Å². The maximum Gasteiger partial charge on any atom is 0.234 e. The summed E-state index contributed by atoms with van der Waals surface area (Å²) in [5, 5.41) is 2.97. The van der Waals surface area contributed by atoms with Crippen LogP contribution >= 0.6 is 23.1 Å². The molecule has 7 heteroatoms. The monoisotopic (exact) mass is 420 g/mol. The van der Waals surface area contributed by atoms with Gasteiger partial charge in [0, 0.05) is 29.7 Å². The molecule has 3 heterocycles. The van der Waals surface area contributed by atoms with Crippen LogP contribution in [0.25, 0.3) is 21.6 Å². The number of nitrogens with zero attached hydrogens (tertiary/aromatic N) is 3. The Morgan fingerprint density at radius 3 is 2.86 bits per heavy atom. The van der Waals surface area contributed by atoms with E-state index in [0.29, 0.717) is 5.75 Å². The van der Waals surface area contributed by atoms with Crippen LogP contribution in [0.4, 0.5) is 5.69 Å². The first-order chi connectivity index (χ1) is 14.3. The van der Waals surface area contributed by atoms with Gasteiger partial charge in [-0.15, -0.1) is 11.3 Å². The number of imidazole rings is 1. The topological polar surface area (TPSA) is 59.8 Å². The van der Waals surface area contributed by atoms with Gasteiger partial charge in [0.05, 0.1) is 16.0 Å². The molecule has 0 saturated carbocycles. The summed E-state index contributed by atoms with van der Waals surface area (Å²) in [5.74, 6) is 1.33. The zero-order valence-electron chi connectivity index (χ0n) is 15.8. The Labute approximate surface area is 177 Å². The van der Waals surface area contributed by atoms with Crippen molar-refractivity contribution >= 4 is 44.9 Å². The first-order valence-corrected chi connectivity index (χ1v) is 11.5. The molecule has 2 aromatic carbocycles. The van der Waals surface area contributed by atoms with E-state index < -0.39 is 0 Å². The first kappa shape index (κ1) is 18.4. The van der Waals surface area contributed by atoms with Gasteiger partial charge in [-0.2, -0.15) is 0 Å². The fourth-order valence-electron chi connectivity index (χ4n) is 3.61. The summed E-state index contributed by atoms with van der Waals surface area (Å²) in [7, 11) is 0. The van der Waals surface area contributed by atoms with E-state index in [0.717, 1.165) is 44.6 Å². The highest BCUT2D eigenvalue weighted by molar-refractivity contribution is 8.01. The van der Waals surface area contributed by atoms with Crippen molar-refractivity contribution in [3.05, 3.63) is 60.4 Å². The summed E-state index contributed by atoms with van der Waals surface area (Å²) >= 11 is 3.09. The molecule has 0 fully saturated rings. The van der Waals surface area contributed by atoms with Crippen molar-refractivity contribution in [2.45, 2.75) is 30.1 Å². The number of benzene rings is 2. The smallest absolute Gasteiger partial charge is 0.234 e. The average Bonchev–Trinajstić information content (AvgIpc) is 3.37. The zero-order chi connectivity index (χ0) is 19.6. The van der Waals surface area contributed by atoms with E-state index in [2.05, 4.69) is 25.9 Å². The molecule has 5 nitrogen and oxygen atoms in total. The lowest BCUT2D eigenvalue weighted by Crippen LogP contribution is -2.14. The fourth-order valence-corrected chi connectivity index (χ4v) is 5.47. The van der Waals surface area contributed by atoms with Gasteiger partial charge in [0.1, 0.15) is 5.82 Å². The summed E-state index contributed by atoms with van der Waals surface area (Å²) in [5.41, 5.74) is 4.18. The number of fused-ring (bicyclic) bond motifs is 2. The maximum atomic E-state index is 12.3. The lowest BCUT2D eigenvalue weighted by molar-refractivity contribution is -0.113. The quantitative estimate of drug-likeness (QED) is 0.449. The standard InChI is InChI=1S/C22H20N4OS2/c27-20(14-28-22-25-18-6-1-2-7-19(18)29-22)24-16-10-8-15(9-11-16)21-23-13-17-5-3-4-12-26(17)21/h1-2,6-11,13H,3-5,12,14H2,(H,24,27). The Kier molecular flexibility index (Phi) is 5.08. The minimum absolute atomic E-state index is 0.0276. The predicted octanol–water partition coefficient (Wildman–Crippen LogP) is 5.23. The molecule has 0 unspecified atom stereocenters. The molecule has 5 rings (SSSR count). The van der Waals surface area contributed by atoms with Crippen molar-refractivity contribution in [3.8, 4) is 11.4 Å². The number of amides is 1. The molecular formula is C22H20N4OS2. The number of rotatable bonds is 5. The van der Waals surface area contributed by atoms with Gasteiger partial charge in [-0.1, -0.05) is 23.9 Å². The van der Waals surface area contributed by atoms with Crippen molar-refractivity contribution in [3.63, 3.8) is 0 Å². The van der Waals surface area contributed by atoms with Gasteiger partial charge in [0.25, 0.3) is 0 Å². The second-order valence-electron chi connectivity index (χ2n) is 7.04. The van der Waals surface area contributed by atoms with Crippen molar-refractivity contribution in [1.82, 2.24) is 14.5 Å². The van der Waals surface area contributed by atoms with E-state index in [1.807, 2.05) is 48.7 Å². The van der Waals surface area contributed by atoms with Crippen molar-refractivity contribution < 1.29 is 4.79 Å². The molecule has 1 N–H and O–H groups in total. The Morgan fingerprint density at radius 2 is 2.00 bits per heavy atom. The SMILES string of the molecule is O=C(CSc1nc2ccccc2s1)Nc1ccc(-c2ncc3n2CCCC3)cc1. The summed E-state index contributed by atoms with van der Waals surface area (Å²) in [6.07, 6.45) is 5.54. The third-order valence-corrected chi connectivity index (χ3v) is 7.21. The third-order valence-electron chi connectivity index (χ3n) is 5.03. The van der Waals surface area contributed by atoms with Gasteiger partial charge in [-0.05, 0) is 55.7 Å². The minimum atomic E-state index is -0.0276. The fraction of sp³-hybridized carbons (Fsp3) is 0.227. The molecule has 1 amide bonds. The molecule has 0 aliphatic carbocycles. The van der Waals surface area contributed by atoms with Gasteiger partial charge < -0.3 is 9.88 Å². The molecule has 4 aromatic rings. The summed E-state index contributed by atoms with van der Waals surface area (Å²) in [6.45, 7) is 1.03. The number of aromatic nitrogens is 3. The van der Waals surface area contributed by atoms with Crippen LogP contribution in [-0.4, -0.2) is 26.2 Å². The number of hydrogen-bond acceptors (Lipinski definition) is 5. The van der Waals surface area contributed by atoms with E-state index in [-0.39, 0.29) is 5.91 Å². The molecule has 0 spiro atoms. The molecule has 1 aliphatic rings. The number of para-hydroxylation sites is 1. The number of anilines is 1.